The first kappa shape index (κ1) is 24.5. The third-order valence-corrected chi connectivity index (χ3v) is 5.52. The number of phenolic OH excluding ortho intramolecular Hbond substituents is 2. The molecule has 33 heavy (non-hydrogen) atoms. The van der Waals surface area contributed by atoms with Gasteiger partial charge in [-0.05, 0) is 43.5 Å². The first-order valence-electron chi connectivity index (χ1n) is 11.1. The summed E-state index contributed by atoms with van der Waals surface area (Å²) in [5.74, 6) is -1.73. The number of nitrogens with one attached hydrogen (secondary N) is 3. The lowest BCUT2D eigenvalue weighted by Crippen LogP contribution is -2.27. The second-order valence-electron chi connectivity index (χ2n) is 7.80. The number of fused-ring (bicyclic) bond motifs is 2. The molecule has 0 spiro atoms. The van der Waals surface area contributed by atoms with Crippen molar-refractivity contribution < 1.29 is 29.6 Å². The minimum absolute atomic E-state index is 0.0216. The number of phenols is 2. The highest BCUT2D eigenvalue weighted by atomic mass is 16.5. The van der Waals surface area contributed by atoms with Crippen molar-refractivity contribution in [3.8, 4) is 11.5 Å². The van der Waals surface area contributed by atoms with Gasteiger partial charge < -0.3 is 36.0 Å². The maximum Gasteiger partial charge on any atom is 0.200 e. The smallest absolute Gasteiger partial charge is 0.200 e. The van der Waals surface area contributed by atoms with Crippen LogP contribution in [-0.2, 0) is 4.74 Å². The van der Waals surface area contributed by atoms with Gasteiger partial charge >= 0.3 is 0 Å². The number of aromatic hydroxyl groups is 2. The minimum Gasteiger partial charge on any atom is -0.507 e. The summed E-state index contributed by atoms with van der Waals surface area (Å²) >= 11 is 0. The van der Waals surface area contributed by atoms with Gasteiger partial charge in [0.1, 0.15) is 11.5 Å². The number of aliphatic hydroxyl groups excluding tert-OH is 1. The molecule has 0 atom stereocenters. The van der Waals surface area contributed by atoms with Crippen LogP contribution in [0.3, 0.4) is 0 Å². The Balaban J connectivity index is 1.92. The van der Waals surface area contributed by atoms with Crippen molar-refractivity contribution in [2.75, 3.05) is 57.1 Å². The number of unbranched alkanes of at least 4 members (excludes halogenated alkanes) is 2. The summed E-state index contributed by atoms with van der Waals surface area (Å²) in [5.41, 5.74) is 0.947. The van der Waals surface area contributed by atoms with E-state index in [1.807, 2.05) is 0 Å². The SMILES string of the molecule is COCCCCCNc1ccc(NCCNCCO)c2c1C(=O)c1c(O)ccc(O)c1C2=O. The second kappa shape index (κ2) is 11.6. The summed E-state index contributed by atoms with van der Waals surface area (Å²) in [5, 5.41) is 39.0. The summed E-state index contributed by atoms with van der Waals surface area (Å²) in [4.78, 5) is 26.9. The number of rotatable bonds is 13. The Bertz CT molecular complexity index is 1010. The molecule has 0 saturated heterocycles. The molecule has 0 unspecified atom stereocenters. The lowest BCUT2D eigenvalue weighted by atomic mass is 9.81. The number of anilines is 2. The van der Waals surface area contributed by atoms with Crippen LogP contribution in [0.15, 0.2) is 24.3 Å². The Labute approximate surface area is 192 Å². The first-order chi connectivity index (χ1) is 16.0. The van der Waals surface area contributed by atoms with E-state index in [0.717, 1.165) is 19.3 Å². The third-order valence-electron chi connectivity index (χ3n) is 5.52. The average molecular weight is 458 g/mol. The number of hydrogen-bond acceptors (Lipinski definition) is 9. The van der Waals surface area contributed by atoms with Crippen LogP contribution in [-0.4, -0.2) is 73.4 Å². The van der Waals surface area contributed by atoms with Gasteiger partial charge in [0.2, 0.25) is 11.6 Å². The van der Waals surface area contributed by atoms with Crippen molar-refractivity contribution in [2.45, 2.75) is 19.3 Å². The van der Waals surface area contributed by atoms with E-state index < -0.39 is 11.6 Å². The van der Waals surface area contributed by atoms with Gasteiger partial charge in [-0.2, -0.15) is 0 Å². The zero-order valence-electron chi connectivity index (χ0n) is 18.7. The normalized spacial score (nSPS) is 12.4. The van der Waals surface area contributed by atoms with E-state index in [1.54, 1.807) is 19.2 Å². The van der Waals surface area contributed by atoms with Crippen LogP contribution in [0.1, 0.15) is 51.1 Å². The van der Waals surface area contributed by atoms with Crippen molar-refractivity contribution in [3.05, 3.63) is 46.5 Å². The predicted octanol–water partition coefficient (Wildman–Crippen LogP) is 2.10. The van der Waals surface area contributed by atoms with E-state index in [2.05, 4.69) is 16.0 Å². The van der Waals surface area contributed by atoms with Crippen LogP contribution < -0.4 is 16.0 Å². The Kier molecular flexibility index (Phi) is 8.65. The molecule has 9 nitrogen and oxygen atoms in total. The largest absolute Gasteiger partial charge is 0.507 e. The molecule has 0 heterocycles. The molecular formula is C24H31N3O6. The number of aliphatic hydroxyl groups is 1. The highest BCUT2D eigenvalue weighted by molar-refractivity contribution is 6.33. The zero-order chi connectivity index (χ0) is 23.8. The number of ether oxygens (including phenoxy) is 1. The second-order valence-corrected chi connectivity index (χ2v) is 7.80. The van der Waals surface area contributed by atoms with E-state index >= 15 is 0 Å². The zero-order valence-corrected chi connectivity index (χ0v) is 18.7. The molecule has 0 radical (unpaired) electrons. The summed E-state index contributed by atoms with van der Waals surface area (Å²) in [7, 11) is 1.66. The molecule has 0 aromatic heterocycles. The van der Waals surface area contributed by atoms with Gasteiger partial charge in [0, 0.05) is 51.3 Å². The molecule has 0 bridgehead atoms. The lowest BCUT2D eigenvalue weighted by Gasteiger charge is -2.25. The number of ketones is 2. The summed E-state index contributed by atoms with van der Waals surface area (Å²) in [6.07, 6.45) is 2.74. The molecule has 6 N–H and O–H groups in total. The molecule has 3 rings (SSSR count). The number of carbonyl (C=O) groups is 2. The van der Waals surface area contributed by atoms with E-state index in [4.69, 9.17) is 9.84 Å². The average Bonchev–Trinajstić information content (AvgIpc) is 2.81. The fourth-order valence-electron chi connectivity index (χ4n) is 3.92. The molecule has 0 aliphatic heterocycles. The molecule has 0 fully saturated rings. The fourth-order valence-corrected chi connectivity index (χ4v) is 3.92. The molecule has 0 amide bonds. The Morgan fingerprint density at radius 1 is 0.727 bits per heavy atom. The van der Waals surface area contributed by atoms with Gasteiger partial charge in [-0.3, -0.25) is 9.59 Å². The van der Waals surface area contributed by atoms with Gasteiger partial charge in [-0.25, -0.2) is 0 Å². The quantitative estimate of drug-likeness (QED) is 0.168. The number of methoxy groups -OCH3 is 1. The summed E-state index contributed by atoms with van der Waals surface area (Å²) in [6.45, 7) is 2.77. The van der Waals surface area contributed by atoms with Crippen LogP contribution in [0.4, 0.5) is 11.4 Å². The monoisotopic (exact) mass is 457 g/mol. The summed E-state index contributed by atoms with van der Waals surface area (Å²) in [6, 6.07) is 5.89. The van der Waals surface area contributed by atoms with Gasteiger partial charge in [0.15, 0.2) is 0 Å². The van der Waals surface area contributed by atoms with Crippen LogP contribution >= 0.6 is 0 Å². The van der Waals surface area contributed by atoms with Gasteiger partial charge in [0.05, 0.1) is 28.9 Å². The molecular weight excluding hydrogens is 426 g/mol. The number of hydrogen-bond donors (Lipinski definition) is 6. The van der Waals surface area contributed by atoms with Crippen molar-refractivity contribution in [2.24, 2.45) is 0 Å². The molecule has 2 aromatic carbocycles. The van der Waals surface area contributed by atoms with Crippen LogP contribution in [0.25, 0.3) is 0 Å². The molecule has 9 heteroatoms. The maximum absolute atomic E-state index is 13.4. The van der Waals surface area contributed by atoms with Crippen molar-refractivity contribution in [1.29, 1.82) is 0 Å². The molecule has 0 saturated carbocycles. The van der Waals surface area contributed by atoms with Crippen molar-refractivity contribution in [3.63, 3.8) is 0 Å². The Morgan fingerprint density at radius 3 is 1.85 bits per heavy atom. The fraction of sp³-hybridized carbons (Fsp3) is 0.417. The van der Waals surface area contributed by atoms with Gasteiger partial charge in [0.25, 0.3) is 0 Å². The Morgan fingerprint density at radius 2 is 1.30 bits per heavy atom. The van der Waals surface area contributed by atoms with E-state index in [1.165, 1.54) is 12.1 Å². The van der Waals surface area contributed by atoms with Crippen LogP contribution in [0.2, 0.25) is 0 Å². The molecule has 178 valence electrons. The number of carbonyl (C=O) groups excluding carboxylic acids is 2. The maximum atomic E-state index is 13.4. The third kappa shape index (κ3) is 5.44. The molecule has 2 aromatic rings. The topological polar surface area (TPSA) is 140 Å². The summed E-state index contributed by atoms with van der Waals surface area (Å²) < 4.78 is 5.06. The standard InChI is InChI=1S/C24H31N3O6/c1-33-14-4-2-3-9-26-15-5-6-16(27-11-10-25-12-13-28)20-19(15)23(31)21-17(29)7-8-18(30)22(21)24(20)32/h5-8,25-30H,2-4,9-14H2,1H3. The predicted molar refractivity (Wildman–Crippen MR) is 126 cm³/mol. The minimum atomic E-state index is -0.525. The lowest BCUT2D eigenvalue weighted by molar-refractivity contribution is 0.0975. The van der Waals surface area contributed by atoms with Gasteiger partial charge in [-0.1, -0.05) is 0 Å². The van der Waals surface area contributed by atoms with Crippen molar-refractivity contribution in [1.82, 2.24) is 5.32 Å². The van der Waals surface area contributed by atoms with Gasteiger partial charge in [-0.15, -0.1) is 0 Å². The van der Waals surface area contributed by atoms with Crippen LogP contribution in [0.5, 0.6) is 11.5 Å². The first-order valence-corrected chi connectivity index (χ1v) is 11.1. The van der Waals surface area contributed by atoms with E-state index in [9.17, 15) is 19.8 Å². The van der Waals surface area contributed by atoms with Crippen LogP contribution in [0, 0.1) is 0 Å². The highest BCUT2D eigenvalue weighted by Gasteiger charge is 2.37. The Hall–Kier alpha value is -3.14. The van der Waals surface area contributed by atoms with E-state index in [0.29, 0.717) is 44.2 Å². The highest BCUT2D eigenvalue weighted by Crippen LogP contribution is 2.42. The van der Waals surface area contributed by atoms with E-state index in [-0.39, 0.29) is 40.4 Å². The molecule has 1 aliphatic rings. The number of benzene rings is 2. The van der Waals surface area contributed by atoms with Crippen molar-refractivity contribution >= 4 is 22.9 Å². The molecule has 1 aliphatic carbocycles.